The summed E-state index contributed by atoms with van der Waals surface area (Å²) in [5.41, 5.74) is 15.3. The quantitative estimate of drug-likeness (QED) is 0.490. The van der Waals surface area contributed by atoms with Crippen LogP contribution in [-0.4, -0.2) is 17.7 Å². The van der Waals surface area contributed by atoms with Crippen molar-refractivity contribution in [3.05, 3.63) is 0 Å². The molecule has 1 aliphatic carbocycles. The van der Waals surface area contributed by atoms with E-state index in [9.17, 15) is 14.4 Å². The first kappa shape index (κ1) is 10.5. The Morgan fingerprint density at radius 3 is 1.36 bits per heavy atom. The number of rotatable bonds is 3. The highest BCUT2D eigenvalue weighted by Crippen LogP contribution is 2.36. The Balaban J connectivity index is 2.90. The number of carbonyl (C=O) groups is 3. The van der Waals surface area contributed by atoms with Crippen molar-refractivity contribution >= 4 is 17.7 Å². The maximum Gasteiger partial charge on any atom is 0.222 e. The Hall–Kier alpha value is -1.59. The predicted molar refractivity (Wildman–Crippen MR) is 47.3 cm³/mol. The van der Waals surface area contributed by atoms with Crippen molar-refractivity contribution in [3.8, 4) is 0 Å². The van der Waals surface area contributed by atoms with Crippen LogP contribution in [0.1, 0.15) is 12.8 Å². The Kier molecular flexibility index (Phi) is 2.73. The molecule has 0 aromatic rings. The first-order valence-corrected chi connectivity index (χ1v) is 4.33. The zero-order valence-electron chi connectivity index (χ0n) is 7.60. The molecule has 0 bridgehead atoms. The third-order valence-electron chi connectivity index (χ3n) is 2.72. The zero-order valence-corrected chi connectivity index (χ0v) is 7.60. The van der Waals surface area contributed by atoms with Gasteiger partial charge in [-0.05, 0) is 12.8 Å². The molecule has 0 aliphatic heterocycles. The van der Waals surface area contributed by atoms with Crippen molar-refractivity contribution < 1.29 is 14.4 Å². The van der Waals surface area contributed by atoms with Crippen molar-refractivity contribution in [2.24, 2.45) is 35.0 Å². The molecule has 1 fully saturated rings. The molecule has 1 saturated carbocycles. The van der Waals surface area contributed by atoms with Gasteiger partial charge in [-0.2, -0.15) is 0 Å². The fraction of sp³-hybridized carbons (Fsp3) is 0.625. The van der Waals surface area contributed by atoms with E-state index < -0.39 is 35.5 Å². The number of primary amides is 3. The third-order valence-corrected chi connectivity index (χ3v) is 2.72. The lowest BCUT2D eigenvalue weighted by atomic mass is 9.88. The van der Waals surface area contributed by atoms with Crippen molar-refractivity contribution in [1.29, 1.82) is 0 Å². The Morgan fingerprint density at radius 1 is 0.786 bits per heavy atom. The van der Waals surface area contributed by atoms with Crippen molar-refractivity contribution in [2.45, 2.75) is 12.8 Å². The molecule has 6 nitrogen and oxygen atoms in total. The average Bonchev–Trinajstić information content (AvgIpc) is 2.46. The highest BCUT2D eigenvalue weighted by molar-refractivity contribution is 5.92. The lowest BCUT2D eigenvalue weighted by molar-refractivity contribution is -0.134. The predicted octanol–water partition coefficient (Wildman–Crippen LogP) is -1.92. The smallest absolute Gasteiger partial charge is 0.222 e. The van der Waals surface area contributed by atoms with Gasteiger partial charge in [-0.25, -0.2) is 0 Å². The molecule has 6 heteroatoms. The molecular weight excluding hydrogens is 186 g/mol. The summed E-state index contributed by atoms with van der Waals surface area (Å²) in [7, 11) is 0. The van der Waals surface area contributed by atoms with Crippen LogP contribution < -0.4 is 17.2 Å². The fourth-order valence-electron chi connectivity index (χ4n) is 2.03. The van der Waals surface area contributed by atoms with Gasteiger partial charge >= 0.3 is 0 Å². The summed E-state index contributed by atoms with van der Waals surface area (Å²) in [5.74, 6) is -4.01. The molecule has 2 unspecified atom stereocenters. The van der Waals surface area contributed by atoms with E-state index in [1.54, 1.807) is 0 Å². The molecule has 0 aromatic heterocycles. The van der Waals surface area contributed by atoms with Crippen LogP contribution in [0.3, 0.4) is 0 Å². The minimum atomic E-state index is -0.829. The molecule has 2 atom stereocenters. The Bertz CT molecular complexity index is 268. The van der Waals surface area contributed by atoms with Gasteiger partial charge in [0.1, 0.15) is 0 Å². The van der Waals surface area contributed by atoms with Crippen LogP contribution in [0.2, 0.25) is 0 Å². The topological polar surface area (TPSA) is 129 Å². The van der Waals surface area contributed by atoms with E-state index in [-0.39, 0.29) is 0 Å². The molecule has 0 spiro atoms. The lowest BCUT2D eigenvalue weighted by Crippen LogP contribution is -2.40. The van der Waals surface area contributed by atoms with Crippen LogP contribution in [0.4, 0.5) is 0 Å². The van der Waals surface area contributed by atoms with Gasteiger partial charge in [-0.1, -0.05) is 0 Å². The highest BCUT2D eigenvalue weighted by Gasteiger charge is 2.45. The Labute approximate surface area is 80.8 Å². The molecule has 1 aliphatic rings. The summed E-state index contributed by atoms with van der Waals surface area (Å²) in [6.07, 6.45) is 0.799. The van der Waals surface area contributed by atoms with E-state index in [1.165, 1.54) is 0 Å². The number of hydrogen-bond acceptors (Lipinski definition) is 3. The normalized spacial score (nSPS) is 31.3. The maximum absolute atomic E-state index is 11.0. The summed E-state index contributed by atoms with van der Waals surface area (Å²) >= 11 is 0. The molecule has 78 valence electrons. The van der Waals surface area contributed by atoms with Gasteiger partial charge in [0.2, 0.25) is 17.7 Å². The summed E-state index contributed by atoms with van der Waals surface area (Å²) in [5, 5.41) is 0. The van der Waals surface area contributed by atoms with Gasteiger partial charge in [-0.3, -0.25) is 14.4 Å². The molecular formula is C8H13N3O3. The van der Waals surface area contributed by atoms with Gasteiger partial charge in [0, 0.05) is 0 Å². The zero-order chi connectivity index (χ0) is 10.9. The van der Waals surface area contributed by atoms with E-state index in [2.05, 4.69) is 0 Å². The number of nitrogens with two attached hydrogens (primary N) is 3. The first-order valence-electron chi connectivity index (χ1n) is 4.33. The molecule has 0 heterocycles. The van der Waals surface area contributed by atoms with Crippen molar-refractivity contribution in [2.75, 3.05) is 0 Å². The Morgan fingerprint density at radius 2 is 1.14 bits per heavy atom. The SMILES string of the molecule is NC(=O)C1CCC(C(N)=O)C1C(N)=O. The maximum atomic E-state index is 11.0. The van der Waals surface area contributed by atoms with Crippen LogP contribution in [0.5, 0.6) is 0 Å². The summed E-state index contributed by atoms with van der Waals surface area (Å²) in [6, 6.07) is 0. The molecule has 0 aromatic carbocycles. The fourth-order valence-corrected chi connectivity index (χ4v) is 2.03. The summed E-state index contributed by atoms with van der Waals surface area (Å²) in [6.45, 7) is 0. The third kappa shape index (κ3) is 1.68. The van der Waals surface area contributed by atoms with Crippen molar-refractivity contribution in [1.82, 2.24) is 0 Å². The second-order valence-corrected chi connectivity index (χ2v) is 3.52. The van der Waals surface area contributed by atoms with Gasteiger partial charge in [0.15, 0.2) is 0 Å². The van der Waals surface area contributed by atoms with E-state index in [0.717, 1.165) is 0 Å². The highest BCUT2D eigenvalue weighted by atomic mass is 16.2. The van der Waals surface area contributed by atoms with E-state index >= 15 is 0 Å². The summed E-state index contributed by atoms with van der Waals surface area (Å²) < 4.78 is 0. The molecule has 6 N–H and O–H groups in total. The largest absolute Gasteiger partial charge is 0.369 e. The molecule has 0 radical (unpaired) electrons. The van der Waals surface area contributed by atoms with Gasteiger partial charge < -0.3 is 17.2 Å². The molecule has 14 heavy (non-hydrogen) atoms. The van der Waals surface area contributed by atoms with Crippen LogP contribution >= 0.6 is 0 Å². The average molecular weight is 199 g/mol. The standard InChI is InChI=1S/C8H13N3O3/c9-6(12)3-1-2-4(7(10)13)5(3)8(11)14/h3-5H,1-2H2,(H2,9,12)(H2,10,13)(H2,11,14). The second kappa shape index (κ2) is 3.65. The van der Waals surface area contributed by atoms with Crippen LogP contribution in [0.25, 0.3) is 0 Å². The second-order valence-electron chi connectivity index (χ2n) is 3.52. The summed E-state index contributed by atoms with van der Waals surface area (Å²) in [4.78, 5) is 32.9. The number of carbonyl (C=O) groups excluding carboxylic acids is 3. The van der Waals surface area contributed by atoms with Gasteiger partial charge in [-0.15, -0.1) is 0 Å². The first-order chi connectivity index (χ1) is 6.45. The van der Waals surface area contributed by atoms with E-state index in [4.69, 9.17) is 17.2 Å². The monoisotopic (exact) mass is 199 g/mol. The van der Waals surface area contributed by atoms with Crippen LogP contribution in [-0.2, 0) is 14.4 Å². The number of amides is 3. The van der Waals surface area contributed by atoms with Crippen LogP contribution in [0, 0.1) is 17.8 Å². The number of hydrogen-bond donors (Lipinski definition) is 3. The van der Waals surface area contributed by atoms with Crippen molar-refractivity contribution in [3.63, 3.8) is 0 Å². The lowest BCUT2D eigenvalue weighted by Gasteiger charge is -2.17. The van der Waals surface area contributed by atoms with Crippen LogP contribution in [0.15, 0.2) is 0 Å². The minimum Gasteiger partial charge on any atom is -0.369 e. The van der Waals surface area contributed by atoms with Gasteiger partial charge in [0.25, 0.3) is 0 Å². The van der Waals surface area contributed by atoms with E-state index in [1.807, 2.05) is 0 Å². The molecule has 3 amide bonds. The minimum absolute atomic E-state index is 0.399. The molecule has 0 saturated heterocycles. The molecule has 1 rings (SSSR count). The van der Waals surface area contributed by atoms with E-state index in [0.29, 0.717) is 12.8 Å². The van der Waals surface area contributed by atoms with Gasteiger partial charge in [0.05, 0.1) is 17.8 Å².